The van der Waals surface area contributed by atoms with Crippen molar-refractivity contribution in [2.45, 2.75) is 11.8 Å². The van der Waals surface area contributed by atoms with E-state index in [-0.39, 0.29) is 10.5 Å². The number of benzene rings is 1. The van der Waals surface area contributed by atoms with Gasteiger partial charge < -0.3 is 0 Å². The third-order valence-electron chi connectivity index (χ3n) is 2.76. The molecule has 0 saturated carbocycles. The number of fused-ring (bicyclic) bond motifs is 1. The lowest BCUT2D eigenvalue weighted by Gasteiger charge is -2.04. The molecule has 0 aliphatic carbocycles. The van der Waals surface area contributed by atoms with Crippen LogP contribution in [0.5, 0.6) is 0 Å². The molecule has 0 amide bonds. The molecule has 0 unspecified atom stereocenters. The molecule has 8 heteroatoms. The summed E-state index contributed by atoms with van der Waals surface area (Å²) in [5, 5.41) is 4.06. The highest BCUT2D eigenvalue weighted by Crippen LogP contribution is 2.21. The minimum absolute atomic E-state index is 0.161. The first kappa shape index (κ1) is 13.2. The highest BCUT2D eigenvalue weighted by atomic mass is 79.9. The van der Waals surface area contributed by atoms with Crippen LogP contribution in [0, 0.1) is 6.92 Å². The summed E-state index contributed by atoms with van der Waals surface area (Å²) in [5.74, 6) is 0. The molecule has 20 heavy (non-hydrogen) atoms. The Bertz CT molecular complexity index is 890. The molecule has 2 heterocycles. The van der Waals surface area contributed by atoms with Crippen molar-refractivity contribution in [3.8, 4) is 0 Å². The van der Waals surface area contributed by atoms with Gasteiger partial charge in [0.05, 0.1) is 16.8 Å². The number of aryl methyl sites for hydroxylation is 1. The zero-order chi connectivity index (χ0) is 14.3. The first-order valence-electron chi connectivity index (χ1n) is 5.68. The summed E-state index contributed by atoms with van der Waals surface area (Å²) >= 11 is 3.21. The van der Waals surface area contributed by atoms with E-state index >= 15 is 0 Å². The summed E-state index contributed by atoms with van der Waals surface area (Å²) in [6, 6.07) is 8.11. The molecule has 0 atom stereocenters. The molecule has 6 nitrogen and oxygen atoms in total. The van der Waals surface area contributed by atoms with Crippen molar-refractivity contribution in [1.82, 2.24) is 19.2 Å². The van der Waals surface area contributed by atoms with E-state index in [1.54, 1.807) is 25.1 Å². The maximum atomic E-state index is 12.6. The minimum atomic E-state index is -3.77. The van der Waals surface area contributed by atoms with Crippen LogP contribution in [0.25, 0.3) is 11.2 Å². The number of rotatable bonds is 2. The molecule has 3 rings (SSSR count). The van der Waals surface area contributed by atoms with Gasteiger partial charge in [-0.1, -0.05) is 18.2 Å². The lowest BCUT2D eigenvalue weighted by atomic mass is 10.4. The van der Waals surface area contributed by atoms with Crippen LogP contribution in [0.2, 0.25) is 0 Å². The molecule has 0 fully saturated rings. The Hall–Kier alpha value is -1.80. The fraction of sp³-hybridized carbons (Fsp3) is 0.0833. The van der Waals surface area contributed by atoms with Crippen LogP contribution in [0.3, 0.4) is 0 Å². The standard InChI is InChI=1S/C12H9BrN4O2S/c1-8-11-12(14-7-10(13)15-11)17(16-8)20(18,19)9-5-3-2-4-6-9/h2-7H,1H3. The SMILES string of the molecule is Cc1nn(S(=O)(=O)c2ccccc2)c2ncc(Br)nc12. The van der Waals surface area contributed by atoms with Crippen LogP contribution in [-0.4, -0.2) is 27.6 Å². The van der Waals surface area contributed by atoms with Crippen LogP contribution in [-0.2, 0) is 10.0 Å². The van der Waals surface area contributed by atoms with Crippen molar-refractivity contribution in [1.29, 1.82) is 0 Å². The fourth-order valence-electron chi connectivity index (χ4n) is 1.83. The van der Waals surface area contributed by atoms with Crippen molar-refractivity contribution in [2.24, 2.45) is 0 Å². The predicted octanol–water partition coefficient (Wildman–Crippen LogP) is 2.13. The fourth-order valence-corrected chi connectivity index (χ4v) is 3.41. The van der Waals surface area contributed by atoms with Gasteiger partial charge in [0.25, 0.3) is 10.0 Å². The quantitative estimate of drug-likeness (QED) is 0.705. The lowest BCUT2D eigenvalue weighted by Crippen LogP contribution is -2.15. The average Bonchev–Trinajstić information content (AvgIpc) is 2.77. The van der Waals surface area contributed by atoms with Crippen LogP contribution < -0.4 is 0 Å². The van der Waals surface area contributed by atoms with Crippen molar-refractivity contribution in [3.05, 3.63) is 46.8 Å². The van der Waals surface area contributed by atoms with E-state index in [0.29, 0.717) is 15.8 Å². The molecule has 2 aromatic heterocycles. The van der Waals surface area contributed by atoms with E-state index < -0.39 is 10.0 Å². The summed E-state index contributed by atoms with van der Waals surface area (Å²) in [6.07, 6.45) is 1.44. The Morgan fingerprint density at radius 1 is 1.20 bits per heavy atom. The summed E-state index contributed by atoms with van der Waals surface area (Å²) in [5.41, 5.74) is 1.18. The summed E-state index contributed by atoms with van der Waals surface area (Å²) in [7, 11) is -3.77. The summed E-state index contributed by atoms with van der Waals surface area (Å²) in [6.45, 7) is 1.69. The number of aromatic nitrogens is 4. The second kappa shape index (κ2) is 4.64. The zero-order valence-corrected chi connectivity index (χ0v) is 12.8. The van der Waals surface area contributed by atoms with Crippen molar-refractivity contribution in [3.63, 3.8) is 0 Å². The Morgan fingerprint density at radius 2 is 1.90 bits per heavy atom. The molecule has 0 saturated heterocycles. The van der Waals surface area contributed by atoms with Gasteiger partial charge >= 0.3 is 0 Å². The van der Waals surface area contributed by atoms with Crippen molar-refractivity contribution < 1.29 is 8.42 Å². The first-order chi connectivity index (χ1) is 9.50. The molecular weight excluding hydrogens is 344 g/mol. The van der Waals surface area contributed by atoms with E-state index in [1.807, 2.05) is 0 Å². The van der Waals surface area contributed by atoms with Gasteiger partial charge in [0, 0.05) is 0 Å². The molecule has 3 aromatic rings. The molecule has 0 N–H and O–H groups in total. The number of nitrogens with zero attached hydrogens (tertiary/aromatic N) is 4. The van der Waals surface area contributed by atoms with E-state index in [0.717, 1.165) is 4.09 Å². The monoisotopic (exact) mass is 352 g/mol. The summed E-state index contributed by atoms with van der Waals surface area (Å²) in [4.78, 5) is 8.48. The van der Waals surface area contributed by atoms with E-state index in [1.165, 1.54) is 18.3 Å². The minimum Gasteiger partial charge on any atom is -0.234 e. The lowest BCUT2D eigenvalue weighted by molar-refractivity contribution is 0.581. The molecule has 0 aliphatic heterocycles. The molecule has 0 bridgehead atoms. The number of hydrogen-bond acceptors (Lipinski definition) is 5. The molecule has 102 valence electrons. The third kappa shape index (κ3) is 2.01. The molecule has 0 spiro atoms. The second-order valence-electron chi connectivity index (χ2n) is 4.11. The Morgan fingerprint density at radius 3 is 2.60 bits per heavy atom. The van der Waals surface area contributed by atoms with Crippen molar-refractivity contribution in [2.75, 3.05) is 0 Å². The van der Waals surface area contributed by atoms with Crippen LogP contribution in [0.4, 0.5) is 0 Å². The smallest absolute Gasteiger partial charge is 0.234 e. The Labute approximate surface area is 123 Å². The number of hydrogen-bond donors (Lipinski definition) is 0. The maximum Gasteiger partial charge on any atom is 0.285 e. The Balaban J connectivity index is 2.31. The molecular formula is C12H9BrN4O2S. The molecule has 0 radical (unpaired) electrons. The van der Waals surface area contributed by atoms with Gasteiger partial charge in [0.1, 0.15) is 10.1 Å². The molecule has 0 aliphatic rings. The average molecular weight is 353 g/mol. The van der Waals surface area contributed by atoms with Gasteiger partial charge in [-0.2, -0.15) is 13.5 Å². The number of halogens is 1. The predicted molar refractivity (Wildman–Crippen MR) is 76.8 cm³/mol. The third-order valence-corrected chi connectivity index (χ3v) is 4.72. The topological polar surface area (TPSA) is 77.7 Å². The molecule has 1 aromatic carbocycles. The highest BCUT2D eigenvalue weighted by molar-refractivity contribution is 9.10. The normalized spacial score (nSPS) is 11.9. The highest BCUT2D eigenvalue weighted by Gasteiger charge is 2.23. The van der Waals surface area contributed by atoms with E-state index in [9.17, 15) is 8.42 Å². The maximum absolute atomic E-state index is 12.6. The zero-order valence-electron chi connectivity index (χ0n) is 10.4. The van der Waals surface area contributed by atoms with Gasteiger partial charge in [-0.25, -0.2) is 9.97 Å². The van der Waals surface area contributed by atoms with Crippen LogP contribution in [0.1, 0.15) is 5.69 Å². The van der Waals surface area contributed by atoms with E-state index in [4.69, 9.17) is 0 Å². The largest absolute Gasteiger partial charge is 0.285 e. The van der Waals surface area contributed by atoms with Gasteiger partial charge in [-0.05, 0) is 35.0 Å². The van der Waals surface area contributed by atoms with Gasteiger partial charge in [-0.15, -0.1) is 4.09 Å². The second-order valence-corrected chi connectivity index (χ2v) is 6.69. The van der Waals surface area contributed by atoms with E-state index in [2.05, 4.69) is 31.0 Å². The Kier molecular flexibility index (Phi) is 3.06. The van der Waals surface area contributed by atoms with Gasteiger partial charge in [0.15, 0.2) is 5.65 Å². The van der Waals surface area contributed by atoms with Crippen LogP contribution in [0.15, 0.2) is 46.0 Å². The van der Waals surface area contributed by atoms with Crippen molar-refractivity contribution >= 4 is 37.1 Å². The first-order valence-corrected chi connectivity index (χ1v) is 7.92. The van der Waals surface area contributed by atoms with Gasteiger partial charge in [-0.3, -0.25) is 0 Å². The summed E-state index contributed by atoms with van der Waals surface area (Å²) < 4.78 is 26.6. The van der Waals surface area contributed by atoms with Gasteiger partial charge in [0.2, 0.25) is 0 Å². The van der Waals surface area contributed by atoms with Crippen LogP contribution >= 0.6 is 15.9 Å².